The minimum Gasteiger partial charge on any atom is -0.495 e. The van der Waals surface area contributed by atoms with Gasteiger partial charge < -0.3 is 20.6 Å². The molecule has 0 atom stereocenters. The number of hydrazine groups is 1. The zero-order valence-corrected chi connectivity index (χ0v) is 22.4. The second-order valence-corrected chi connectivity index (χ2v) is 8.01. The maximum Gasteiger partial charge on any atom is 0.157 e. The van der Waals surface area contributed by atoms with Gasteiger partial charge in [-0.15, -0.1) is 0 Å². The molecule has 0 fully saturated rings. The molecule has 2 aromatic rings. The van der Waals surface area contributed by atoms with Gasteiger partial charge in [0.15, 0.2) is 5.82 Å². The van der Waals surface area contributed by atoms with Crippen LogP contribution in [0.2, 0.25) is 0 Å². The normalized spacial score (nSPS) is 11.3. The monoisotopic (exact) mass is 537 g/mol. The molecule has 1 aromatic heterocycles. The highest BCUT2D eigenvalue weighted by atomic mass is 35.5. The Morgan fingerprint density at radius 1 is 1.32 bits per heavy atom. The van der Waals surface area contributed by atoms with Crippen LogP contribution in [0.5, 0.6) is 5.75 Å². The van der Waals surface area contributed by atoms with Crippen molar-refractivity contribution in [1.82, 2.24) is 10.2 Å². The Labute approximate surface area is 221 Å². The number of nitrogen functional groups attached to an aromatic ring is 1. The van der Waals surface area contributed by atoms with Gasteiger partial charge in [0.25, 0.3) is 0 Å². The van der Waals surface area contributed by atoms with Gasteiger partial charge in [-0.2, -0.15) is 5.17 Å². The van der Waals surface area contributed by atoms with Crippen molar-refractivity contribution >= 4 is 28.8 Å². The van der Waals surface area contributed by atoms with Gasteiger partial charge in [-0.1, -0.05) is 51.4 Å². The fourth-order valence-corrected chi connectivity index (χ4v) is 2.80. The van der Waals surface area contributed by atoms with E-state index < -0.39 is 23.8 Å². The minimum absolute atomic E-state index is 0.00836. The molecule has 11 heteroatoms. The number of hydroxylamine groups is 1. The van der Waals surface area contributed by atoms with E-state index in [-0.39, 0.29) is 39.5 Å². The smallest absolute Gasteiger partial charge is 0.157 e. The summed E-state index contributed by atoms with van der Waals surface area (Å²) in [6.07, 6.45) is 5.87. The summed E-state index contributed by atoms with van der Waals surface area (Å²) in [4.78, 5) is 3.97. The number of hydrogen-bond donors (Lipinski definition) is 4. The molecule has 0 aliphatic carbocycles. The lowest BCUT2D eigenvalue weighted by Crippen LogP contribution is -2.27. The first kappa shape index (κ1) is 31.4. The van der Waals surface area contributed by atoms with Crippen molar-refractivity contribution in [3.05, 3.63) is 82.4 Å². The average molecular weight is 538 g/mol. The summed E-state index contributed by atoms with van der Waals surface area (Å²) < 4.78 is 40.0. The maximum atomic E-state index is 15.1. The lowest BCUT2D eigenvalue weighted by Gasteiger charge is -2.23. The molecule has 0 bridgehead atoms. The fraction of sp³-hybridized carbons (Fsp3) is 0.308. The number of nitrogens with two attached hydrogens (primary N) is 1. The number of methoxy groups -OCH3 is 1. The predicted octanol–water partition coefficient (Wildman–Crippen LogP) is 6.92. The number of allylic oxidation sites excluding steroid dienone is 3. The summed E-state index contributed by atoms with van der Waals surface area (Å²) in [6, 6.07) is 3.61. The maximum absolute atomic E-state index is 15.1. The van der Waals surface area contributed by atoms with Gasteiger partial charge in [0, 0.05) is 16.3 Å². The third kappa shape index (κ3) is 9.07. The number of nitrogens with one attached hydrogen (secondary N) is 2. The number of benzene rings is 1. The number of halogens is 3. The molecule has 5 N–H and O–H groups in total. The highest BCUT2D eigenvalue weighted by molar-refractivity contribution is 6.31. The van der Waals surface area contributed by atoms with E-state index in [2.05, 4.69) is 30.8 Å². The van der Waals surface area contributed by atoms with E-state index in [4.69, 9.17) is 32.2 Å². The Bertz CT molecular complexity index is 1160. The van der Waals surface area contributed by atoms with Crippen LogP contribution in [0.4, 0.5) is 20.3 Å². The summed E-state index contributed by atoms with van der Waals surface area (Å²) in [5.74, 6) is -1.48. The van der Waals surface area contributed by atoms with Gasteiger partial charge in [0.2, 0.25) is 0 Å². The van der Waals surface area contributed by atoms with Crippen LogP contribution >= 0.6 is 11.6 Å². The van der Waals surface area contributed by atoms with Crippen LogP contribution in [-0.4, -0.2) is 28.2 Å². The third-order valence-corrected chi connectivity index (χ3v) is 5.01. The van der Waals surface area contributed by atoms with E-state index in [0.29, 0.717) is 17.2 Å². The molecule has 0 unspecified atom stereocenters. The Morgan fingerprint density at radius 2 is 1.97 bits per heavy atom. The van der Waals surface area contributed by atoms with Crippen molar-refractivity contribution in [2.45, 2.75) is 47.1 Å². The molecule has 0 radical (unpaired) electrons. The Balaban J connectivity index is 0.00000217. The average Bonchev–Trinajstić information content (AvgIpc) is 2.88. The van der Waals surface area contributed by atoms with Crippen LogP contribution in [0.3, 0.4) is 0 Å². The summed E-state index contributed by atoms with van der Waals surface area (Å²) in [6.45, 7) is 10.9. The largest absolute Gasteiger partial charge is 0.495 e. The van der Waals surface area contributed by atoms with Crippen LogP contribution in [0, 0.1) is 17.0 Å². The van der Waals surface area contributed by atoms with Gasteiger partial charge in [0.1, 0.15) is 35.4 Å². The molecular weight excluding hydrogens is 504 g/mol. The lowest BCUT2D eigenvalue weighted by atomic mass is 10.1. The number of ether oxygens (including phenoxy) is 2. The summed E-state index contributed by atoms with van der Waals surface area (Å²) in [7, 11) is 1.33. The van der Waals surface area contributed by atoms with Gasteiger partial charge in [-0.3, -0.25) is 10.6 Å². The van der Waals surface area contributed by atoms with Crippen molar-refractivity contribution < 1.29 is 23.5 Å². The number of anilines is 2. The highest BCUT2D eigenvalue weighted by Crippen LogP contribution is 2.26. The minimum atomic E-state index is -0.997. The Hall–Kier alpha value is -3.63. The third-order valence-electron chi connectivity index (χ3n) is 4.68. The van der Waals surface area contributed by atoms with Crippen molar-refractivity contribution in [3.63, 3.8) is 0 Å². The molecule has 0 aliphatic heterocycles. The van der Waals surface area contributed by atoms with Crippen molar-refractivity contribution in [1.29, 1.82) is 5.41 Å². The van der Waals surface area contributed by atoms with Crippen molar-refractivity contribution in [2.75, 3.05) is 18.3 Å². The van der Waals surface area contributed by atoms with E-state index in [1.54, 1.807) is 19.9 Å². The molecule has 1 heterocycles. The number of rotatable bonds is 11. The summed E-state index contributed by atoms with van der Waals surface area (Å²) in [5.41, 5.74) is 8.16. The highest BCUT2D eigenvalue weighted by Gasteiger charge is 2.19. The van der Waals surface area contributed by atoms with Crippen molar-refractivity contribution in [2.24, 2.45) is 0 Å². The molecule has 1 aromatic carbocycles. The Morgan fingerprint density at radius 3 is 2.54 bits per heavy atom. The van der Waals surface area contributed by atoms with Gasteiger partial charge >= 0.3 is 0 Å². The van der Waals surface area contributed by atoms with E-state index in [9.17, 15) is 9.60 Å². The van der Waals surface area contributed by atoms with Crippen LogP contribution in [0.1, 0.15) is 51.7 Å². The molecule has 0 aliphatic rings. The van der Waals surface area contributed by atoms with E-state index in [1.165, 1.54) is 31.9 Å². The Kier molecular flexibility index (Phi) is 13.1. The lowest BCUT2D eigenvalue weighted by molar-refractivity contribution is -0.0329. The SMILES string of the molecule is C=C(OC)/C(=C\C(Cl)=C/C)N(O)Nc1ccc(F)c(COc2cnc(N)c(C(=N)CC)c2)c1F.CCC. The molecule has 8 nitrogen and oxygen atoms in total. The first-order chi connectivity index (χ1) is 17.5. The van der Waals surface area contributed by atoms with Crippen LogP contribution in [0.15, 0.2) is 59.6 Å². The topological polar surface area (TPSA) is 117 Å². The molecule has 0 amide bonds. The van der Waals surface area contributed by atoms with Gasteiger partial charge in [-0.05, 0) is 37.6 Å². The number of nitrogens with zero attached hydrogens (tertiary/aromatic N) is 2. The predicted molar refractivity (Wildman–Crippen MR) is 144 cm³/mol. The van der Waals surface area contributed by atoms with E-state index in [0.717, 1.165) is 12.1 Å². The van der Waals surface area contributed by atoms with Crippen LogP contribution < -0.4 is 15.9 Å². The zero-order chi connectivity index (χ0) is 28.1. The first-order valence-electron chi connectivity index (χ1n) is 11.5. The first-order valence-corrected chi connectivity index (χ1v) is 11.9. The molecule has 0 spiro atoms. The van der Waals surface area contributed by atoms with E-state index >= 15 is 4.39 Å². The second kappa shape index (κ2) is 15.5. The number of hydrogen-bond acceptors (Lipinski definition) is 8. The molecule has 0 saturated heterocycles. The summed E-state index contributed by atoms with van der Waals surface area (Å²) in [5, 5.41) is 19.1. The number of pyridine rings is 1. The van der Waals surface area contributed by atoms with Gasteiger partial charge in [0.05, 0.1) is 24.6 Å². The van der Waals surface area contributed by atoms with Crippen molar-refractivity contribution in [3.8, 4) is 5.75 Å². The summed E-state index contributed by atoms with van der Waals surface area (Å²) >= 11 is 5.99. The second-order valence-electron chi connectivity index (χ2n) is 7.57. The molecule has 2 rings (SSSR count). The fourth-order valence-electron chi connectivity index (χ4n) is 2.69. The van der Waals surface area contributed by atoms with Crippen LogP contribution in [-0.2, 0) is 11.3 Å². The molecule has 0 saturated carbocycles. The standard InChI is InChI=1S/C23H26ClF2N5O3.C3H8/c1-5-14(24)9-21(13(3)33-4)31(32)30-20-8-7-18(25)17(22(20)26)12-34-15-10-16(19(27)6-2)23(28)29-11-15;1-3-2/h5,7-11,27,30,32H,3,6,12H2,1-2,4H3,(H2,28,29);3H2,1-2H3/b14-5+,21-9+,27-19?;. The number of aromatic nitrogens is 1. The zero-order valence-electron chi connectivity index (χ0n) is 21.7. The molecule has 202 valence electrons. The van der Waals surface area contributed by atoms with Crippen LogP contribution in [0.25, 0.3) is 0 Å². The molecular formula is C26H34ClF2N5O3. The quantitative estimate of drug-likeness (QED) is 0.106. The molecule has 37 heavy (non-hydrogen) atoms. The van der Waals surface area contributed by atoms with Gasteiger partial charge in [-0.25, -0.2) is 13.8 Å². The van der Waals surface area contributed by atoms with E-state index in [1.807, 2.05) is 0 Å².